The van der Waals surface area contributed by atoms with Crippen molar-refractivity contribution in [2.75, 3.05) is 14.1 Å². The highest BCUT2D eigenvalue weighted by molar-refractivity contribution is 5.90. The summed E-state index contributed by atoms with van der Waals surface area (Å²) in [6, 6.07) is 0. The number of nitrogens with zero attached hydrogens (tertiary/aromatic N) is 1. The standard InChI is InChI=1S/C13H21NO4/c1-7-11(14(5)6)18-13(16)10(4)8-17-12(15)9(2)3/h8,11H,2,7H2,1,3-6H3/b10-8+. The van der Waals surface area contributed by atoms with Gasteiger partial charge in [-0.3, -0.25) is 4.90 Å². The van der Waals surface area contributed by atoms with E-state index >= 15 is 0 Å². The van der Waals surface area contributed by atoms with Crippen molar-refractivity contribution in [2.45, 2.75) is 33.4 Å². The lowest BCUT2D eigenvalue weighted by molar-refractivity contribution is -0.152. The van der Waals surface area contributed by atoms with Gasteiger partial charge in [0.25, 0.3) is 0 Å². The van der Waals surface area contributed by atoms with Crippen molar-refractivity contribution < 1.29 is 19.1 Å². The fourth-order valence-electron chi connectivity index (χ4n) is 1.06. The molecule has 5 heteroatoms. The molecule has 0 N–H and O–H groups in total. The lowest BCUT2D eigenvalue weighted by Gasteiger charge is -2.22. The number of carbonyl (C=O) groups excluding carboxylic acids is 2. The first-order valence-corrected chi connectivity index (χ1v) is 5.70. The Kier molecular flexibility index (Phi) is 6.97. The second-order valence-corrected chi connectivity index (χ2v) is 4.22. The maximum atomic E-state index is 11.7. The fraction of sp³-hybridized carbons (Fsp3) is 0.538. The van der Waals surface area contributed by atoms with Crippen LogP contribution in [0.3, 0.4) is 0 Å². The molecule has 0 aliphatic heterocycles. The van der Waals surface area contributed by atoms with Gasteiger partial charge in [0.05, 0.1) is 5.57 Å². The van der Waals surface area contributed by atoms with E-state index in [2.05, 4.69) is 6.58 Å². The molecule has 1 atom stereocenters. The zero-order valence-electron chi connectivity index (χ0n) is 11.6. The van der Waals surface area contributed by atoms with Crippen LogP contribution in [0.4, 0.5) is 0 Å². The maximum Gasteiger partial charge on any atom is 0.338 e. The largest absolute Gasteiger partial charge is 0.443 e. The molecule has 0 rings (SSSR count). The highest BCUT2D eigenvalue weighted by Gasteiger charge is 2.16. The average molecular weight is 255 g/mol. The summed E-state index contributed by atoms with van der Waals surface area (Å²) in [5.74, 6) is -1.08. The molecule has 1 unspecified atom stereocenters. The normalized spacial score (nSPS) is 13.1. The summed E-state index contributed by atoms with van der Waals surface area (Å²) in [5, 5.41) is 0. The van der Waals surface area contributed by atoms with Crippen LogP contribution in [0.15, 0.2) is 24.0 Å². The molecule has 0 radical (unpaired) electrons. The first kappa shape index (κ1) is 16.4. The van der Waals surface area contributed by atoms with Gasteiger partial charge in [-0.1, -0.05) is 13.5 Å². The quantitative estimate of drug-likeness (QED) is 0.314. The van der Waals surface area contributed by atoms with Crippen molar-refractivity contribution in [1.29, 1.82) is 0 Å². The minimum absolute atomic E-state index is 0.227. The average Bonchev–Trinajstić information content (AvgIpc) is 2.31. The summed E-state index contributed by atoms with van der Waals surface area (Å²) in [7, 11) is 3.64. The highest BCUT2D eigenvalue weighted by atomic mass is 16.6. The number of carbonyl (C=O) groups is 2. The van der Waals surface area contributed by atoms with Crippen LogP contribution in [-0.2, 0) is 19.1 Å². The van der Waals surface area contributed by atoms with Gasteiger partial charge in [-0.15, -0.1) is 0 Å². The Bertz CT molecular complexity index is 358. The van der Waals surface area contributed by atoms with Crippen LogP contribution < -0.4 is 0 Å². The van der Waals surface area contributed by atoms with Gasteiger partial charge in [0.15, 0.2) is 6.23 Å². The van der Waals surface area contributed by atoms with Gasteiger partial charge >= 0.3 is 11.9 Å². The summed E-state index contributed by atoms with van der Waals surface area (Å²) in [6.45, 7) is 8.41. The Hall–Kier alpha value is -1.62. The van der Waals surface area contributed by atoms with E-state index in [1.165, 1.54) is 13.8 Å². The molecular formula is C13H21NO4. The van der Waals surface area contributed by atoms with Gasteiger partial charge in [-0.25, -0.2) is 9.59 Å². The summed E-state index contributed by atoms with van der Waals surface area (Å²) in [6.07, 6.45) is 1.47. The monoisotopic (exact) mass is 255 g/mol. The van der Waals surface area contributed by atoms with E-state index in [1.54, 1.807) is 4.90 Å². The number of rotatable bonds is 6. The predicted molar refractivity (Wildman–Crippen MR) is 68.5 cm³/mol. The third kappa shape index (κ3) is 5.63. The third-order valence-electron chi connectivity index (χ3n) is 2.18. The molecule has 0 heterocycles. The molecule has 0 spiro atoms. The van der Waals surface area contributed by atoms with Crippen LogP contribution in [0.5, 0.6) is 0 Å². The molecule has 18 heavy (non-hydrogen) atoms. The van der Waals surface area contributed by atoms with E-state index in [9.17, 15) is 9.59 Å². The van der Waals surface area contributed by atoms with Crippen molar-refractivity contribution in [3.8, 4) is 0 Å². The highest BCUT2D eigenvalue weighted by Crippen LogP contribution is 2.06. The Balaban J connectivity index is 4.46. The molecule has 0 aromatic rings. The smallest absolute Gasteiger partial charge is 0.338 e. The van der Waals surface area contributed by atoms with Crippen LogP contribution in [0, 0.1) is 0 Å². The second-order valence-electron chi connectivity index (χ2n) is 4.22. The van der Waals surface area contributed by atoms with E-state index in [-0.39, 0.29) is 17.4 Å². The van der Waals surface area contributed by atoms with Crippen molar-refractivity contribution in [1.82, 2.24) is 4.90 Å². The molecule has 0 bridgehead atoms. The number of esters is 2. The van der Waals surface area contributed by atoms with E-state index in [0.29, 0.717) is 6.42 Å². The molecule has 102 valence electrons. The van der Waals surface area contributed by atoms with Gasteiger partial charge in [0.2, 0.25) is 0 Å². The molecule has 0 saturated heterocycles. The minimum Gasteiger partial charge on any atom is -0.443 e. The summed E-state index contributed by atoms with van der Waals surface area (Å²) < 4.78 is 9.97. The lowest BCUT2D eigenvalue weighted by atomic mass is 10.3. The topological polar surface area (TPSA) is 55.8 Å². The van der Waals surface area contributed by atoms with Crippen molar-refractivity contribution in [3.05, 3.63) is 24.0 Å². The SMILES string of the molecule is C=C(C)C(=O)O/C=C(\C)C(=O)OC(CC)N(C)C. The van der Waals surface area contributed by atoms with Gasteiger partial charge in [0, 0.05) is 5.57 Å². The Morgan fingerprint density at radius 1 is 1.28 bits per heavy atom. The van der Waals surface area contributed by atoms with Crippen LogP contribution in [0.2, 0.25) is 0 Å². The van der Waals surface area contributed by atoms with Crippen LogP contribution in [0.1, 0.15) is 27.2 Å². The maximum absolute atomic E-state index is 11.7. The van der Waals surface area contributed by atoms with Gasteiger partial charge in [0.1, 0.15) is 6.26 Å². The molecule has 0 aromatic carbocycles. The molecule has 0 amide bonds. The first-order valence-electron chi connectivity index (χ1n) is 5.70. The second kappa shape index (κ2) is 7.66. The molecule has 0 aliphatic carbocycles. The molecule has 0 fully saturated rings. The minimum atomic E-state index is -0.568. The van der Waals surface area contributed by atoms with Crippen molar-refractivity contribution in [3.63, 3.8) is 0 Å². The van der Waals surface area contributed by atoms with Gasteiger partial charge < -0.3 is 9.47 Å². The molecular weight excluding hydrogens is 234 g/mol. The number of hydrogen-bond donors (Lipinski definition) is 0. The fourth-order valence-corrected chi connectivity index (χ4v) is 1.06. The summed E-state index contributed by atoms with van der Waals surface area (Å²) in [5.41, 5.74) is 0.497. The number of ether oxygens (including phenoxy) is 2. The van der Waals surface area contributed by atoms with Crippen molar-refractivity contribution >= 4 is 11.9 Å². The Labute approximate surface area is 108 Å². The molecule has 0 aromatic heterocycles. The van der Waals surface area contributed by atoms with E-state index in [0.717, 1.165) is 6.26 Å². The van der Waals surface area contributed by atoms with E-state index in [1.807, 2.05) is 21.0 Å². The van der Waals surface area contributed by atoms with E-state index < -0.39 is 11.9 Å². The molecule has 5 nitrogen and oxygen atoms in total. The summed E-state index contributed by atoms with van der Waals surface area (Å²) >= 11 is 0. The number of hydrogen-bond acceptors (Lipinski definition) is 5. The predicted octanol–water partition coefficient (Wildman–Crippen LogP) is 1.85. The lowest BCUT2D eigenvalue weighted by Crippen LogP contribution is -2.32. The Morgan fingerprint density at radius 3 is 2.22 bits per heavy atom. The summed E-state index contributed by atoms with van der Waals surface area (Å²) in [4.78, 5) is 24.6. The van der Waals surface area contributed by atoms with Gasteiger partial charge in [-0.05, 0) is 34.4 Å². The van der Waals surface area contributed by atoms with Gasteiger partial charge in [-0.2, -0.15) is 0 Å². The van der Waals surface area contributed by atoms with E-state index in [4.69, 9.17) is 9.47 Å². The first-order chi connectivity index (χ1) is 8.29. The third-order valence-corrected chi connectivity index (χ3v) is 2.18. The van der Waals surface area contributed by atoms with Crippen LogP contribution >= 0.6 is 0 Å². The van der Waals surface area contributed by atoms with Crippen LogP contribution in [-0.4, -0.2) is 37.2 Å². The van der Waals surface area contributed by atoms with Crippen molar-refractivity contribution in [2.24, 2.45) is 0 Å². The van der Waals surface area contributed by atoms with Crippen LogP contribution in [0.25, 0.3) is 0 Å². The zero-order chi connectivity index (χ0) is 14.3. The molecule has 0 saturated carbocycles. The zero-order valence-corrected chi connectivity index (χ0v) is 11.6. The Morgan fingerprint density at radius 2 is 1.83 bits per heavy atom. The molecule has 0 aliphatic rings.